The zero-order valence-corrected chi connectivity index (χ0v) is 13.3. The van der Waals surface area contributed by atoms with Crippen molar-refractivity contribution in [1.82, 2.24) is 15.1 Å². The Bertz CT molecular complexity index is 729. The van der Waals surface area contributed by atoms with E-state index in [2.05, 4.69) is 23.0 Å². The second-order valence-electron chi connectivity index (χ2n) is 4.72. The second-order valence-corrected chi connectivity index (χ2v) is 5.72. The summed E-state index contributed by atoms with van der Waals surface area (Å²) >= 11 is 1.28. The first-order valence-corrected chi connectivity index (χ1v) is 7.62. The molecule has 5 nitrogen and oxygen atoms in total. The topological polar surface area (TPSA) is 72.1 Å². The van der Waals surface area contributed by atoms with E-state index in [0.29, 0.717) is 15.4 Å². The van der Waals surface area contributed by atoms with Crippen LogP contribution in [0.1, 0.15) is 34.8 Å². The van der Waals surface area contributed by atoms with Crippen LogP contribution in [0.3, 0.4) is 0 Å². The van der Waals surface area contributed by atoms with Gasteiger partial charge in [-0.3, -0.25) is 4.79 Å². The Labute approximate surface area is 128 Å². The third-order valence-corrected chi connectivity index (χ3v) is 4.47. The van der Waals surface area contributed by atoms with Gasteiger partial charge in [-0.1, -0.05) is 19.8 Å². The monoisotopic (exact) mass is 302 g/mol. The molecule has 0 aromatic carbocycles. The molecule has 1 amide bonds. The summed E-state index contributed by atoms with van der Waals surface area (Å²) in [6.45, 7) is 4.34. The third-order valence-electron chi connectivity index (χ3n) is 3.40. The molecule has 0 radical (unpaired) electrons. The molecule has 0 saturated carbocycles. The fourth-order valence-electron chi connectivity index (χ4n) is 2.31. The molecule has 0 spiro atoms. The van der Waals surface area contributed by atoms with E-state index in [-0.39, 0.29) is 12.5 Å². The van der Waals surface area contributed by atoms with Crippen molar-refractivity contribution in [3.05, 3.63) is 16.1 Å². The minimum Gasteiger partial charge on any atom is -0.397 e. The zero-order valence-electron chi connectivity index (χ0n) is 12.4. The number of nitrogens with zero attached hydrogens (tertiary/aromatic N) is 3. The number of rotatable bonds is 4. The van der Waals surface area contributed by atoms with Crippen LogP contribution in [0.2, 0.25) is 0 Å². The molecule has 2 N–H and O–H groups in total. The van der Waals surface area contributed by atoms with Crippen LogP contribution in [0.4, 0.5) is 5.69 Å². The lowest BCUT2D eigenvalue weighted by Gasteiger charge is -2.12. The Morgan fingerprint density at radius 3 is 2.67 bits per heavy atom. The summed E-state index contributed by atoms with van der Waals surface area (Å²) in [6.07, 6.45) is 6.85. The summed E-state index contributed by atoms with van der Waals surface area (Å²) in [6, 6.07) is 0. The average molecular weight is 302 g/mol. The lowest BCUT2D eigenvalue weighted by Crippen LogP contribution is -2.26. The van der Waals surface area contributed by atoms with Crippen molar-refractivity contribution in [3.8, 4) is 12.3 Å². The van der Waals surface area contributed by atoms with E-state index in [1.165, 1.54) is 16.2 Å². The molecule has 0 bridgehead atoms. The number of nitrogens with two attached hydrogens (primary N) is 1. The Hall–Kier alpha value is -2.13. The fraction of sp³-hybridized carbons (Fsp3) is 0.400. The minimum atomic E-state index is -0.173. The number of hydrogen-bond donors (Lipinski definition) is 1. The number of fused-ring (bicyclic) bond motifs is 1. The molecule has 0 saturated heterocycles. The first-order valence-electron chi connectivity index (χ1n) is 6.80. The summed E-state index contributed by atoms with van der Waals surface area (Å²) in [7, 11) is 1.66. The van der Waals surface area contributed by atoms with Crippen LogP contribution in [-0.4, -0.2) is 34.6 Å². The van der Waals surface area contributed by atoms with E-state index >= 15 is 0 Å². The Balaban J connectivity index is 2.62. The molecule has 0 atom stereocenters. The van der Waals surface area contributed by atoms with Gasteiger partial charge in [-0.25, -0.2) is 0 Å². The fourth-order valence-corrected chi connectivity index (χ4v) is 3.38. The molecule has 0 aliphatic heterocycles. The maximum Gasteiger partial charge on any atom is 0.266 e. The summed E-state index contributed by atoms with van der Waals surface area (Å²) in [4.78, 5) is 15.1. The van der Waals surface area contributed by atoms with E-state index in [9.17, 15) is 4.79 Å². The molecule has 21 heavy (non-hydrogen) atoms. The van der Waals surface area contributed by atoms with Crippen LogP contribution in [-0.2, 0) is 12.8 Å². The quantitative estimate of drug-likeness (QED) is 0.878. The molecule has 6 heteroatoms. The van der Waals surface area contributed by atoms with E-state index in [1.807, 2.05) is 6.92 Å². The van der Waals surface area contributed by atoms with E-state index < -0.39 is 0 Å². The van der Waals surface area contributed by atoms with Crippen LogP contribution in [0, 0.1) is 12.3 Å². The van der Waals surface area contributed by atoms with Crippen LogP contribution >= 0.6 is 11.3 Å². The van der Waals surface area contributed by atoms with Crippen LogP contribution in [0.5, 0.6) is 0 Å². The average Bonchev–Trinajstić information content (AvgIpc) is 2.83. The van der Waals surface area contributed by atoms with Crippen molar-refractivity contribution in [1.29, 1.82) is 0 Å². The van der Waals surface area contributed by atoms with Gasteiger partial charge in [0.25, 0.3) is 5.91 Å². The Morgan fingerprint density at radius 2 is 2.10 bits per heavy atom. The molecule has 2 heterocycles. The number of aryl methyl sites for hydroxylation is 2. The Morgan fingerprint density at radius 1 is 1.38 bits per heavy atom. The number of carbonyl (C=O) groups is 1. The van der Waals surface area contributed by atoms with Gasteiger partial charge in [-0.05, 0) is 18.4 Å². The van der Waals surface area contributed by atoms with Crippen LogP contribution < -0.4 is 5.73 Å². The maximum atomic E-state index is 12.4. The summed E-state index contributed by atoms with van der Waals surface area (Å²) in [5, 5.41) is 9.31. The van der Waals surface area contributed by atoms with Crippen molar-refractivity contribution in [2.45, 2.75) is 26.7 Å². The predicted molar refractivity (Wildman–Crippen MR) is 86.4 cm³/mol. The van der Waals surface area contributed by atoms with Crippen molar-refractivity contribution in [2.75, 3.05) is 19.3 Å². The number of carbonyl (C=O) groups excluding carboxylic acids is 1. The lowest BCUT2D eigenvalue weighted by molar-refractivity contribution is 0.0818. The van der Waals surface area contributed by atoms with E-state index in [1.54, 1.807) is 7.05 Å². The van der Waals surface area contributed by atoms with Gasteiger partial charge in [0.05, 0.1) is 17.9 Å². The predicted octanol–water partition coefficient (Wildman–Crippen LogP) is 2.10. The first kappa shape index (κ1) is 15.3. The molecular weight excluding hydrogens is 284 g/mol. The van der Waals surface area contributed by atoms with Gasteiger partial charge in [-0.15, -0.1) is 22.9 Å². The van der Waals surface area contributed by atoms with E-state index in [0.717, 1.165) is 29.5 Å². The molecular formula is C15H18N4OS. The zero-order chi connectivity index (χ0) is 15.6. The van der Waals surface area contributed by atoms with Gasteiger partial charge in [0.2, 0.25) is 0 Å². The van der Waals surface area contributed by atoms with Crippen molar-refractivity contribution < 1.29 is 4.79 Å². The van der Waals surface area contributed by atoms with Crippen LogP contribution in [0.15, 0.2) is 0 Å². The first-order chi connectivity index (χ1) is 10.0. The normalized spacial score (nSPS) is 10.6. The maximum absolute atomic E-state index is 12.4. The molecule has 0 unspecified atom stereocenters. The number of aromatic nitrogens is 2. The van der Waals surface area contributed by atoms with Gasteiger partial charge in [0.15, 0.2) is 0 Å². The van der Waals surface area contributed by atoms with Crippen molar-refractivity contribution >= 4 is 33.1 Å². The van der Waals surface area contributed by atoms with Gasteiger partial charge in [0.1, 0.15) is 9.71 Å². The molecule has 2 rings (SSSR count). The largest absolute Gasteiger partial charge is 0.397 e. The summed E-state index contributed by atoms with van der Waals surface area (Å²) in [5.41, 5.74) is 8.72. The number of terminal acetylenes is 1. The molecule has 110 valence electrons. The molecule has 2 aromatic heterocycles. The van der Waals surface area contributed by atoms with Gasteiger partial charge in [0, 0.05) is 12.4 Å². The highest BCUT2D eigenvalue weighted by molar-refractivity contribution is 7.21. The smallest absolute Gasteiger partial charge is 0.266 e. The molecule has 0 aliphatic rings. The van der Waals surface area contributed by atoms with Gasteiger partial charge < -0.3 is 10.6 Å². The Kier molecular flexibility index (Phi) is 4.43. The number of hydrogen-bond acceptors (Lipinski definition) is 5. The van der Waals surface area contributed by atoms with E-state index in [4.69, 9.17) is 12.2 Å². The molecule has 0 aliphatic carbocycles. The van der Waals surface area contributed by atoms with Gasteiger partial charge >= 0.3 is 0 Å². The standard InChI is InChI=1S/C15H18N4OS/c1-5-8-19(4)15(20)13-12(16)11-9(6-2)10(7-3)17-18-14(11)21-13/h1H,6-8,16H2,2-4H3. The van der Waals surface area contributed by atoms with Crippen molar-refractivity contribution in [2.24, 2.45) is 0 Å². The molecule has 0 fully saturated rings. The SMILES string of the molecule is C#CCN(C)C(=O)c1sc2nnc(CC)c(CC)c2c1N. The van der Waals surface area contributed by atoms with Crippen molar-refractivity contribution in [3.63, 3.8) is 0 Å². The van der Waals surface area contributed by atoms with Crippen LogP contribution in [0.25, 0.3) is 10.2 Å². The molecule has 2 aromatic rings. The minimum absolute atomic E-state index is 0.173. The van der Waals surface area contributed by atoms with Gasteiger partial charge in [-0.2, -0.15) is 5.10 Å². The summed E-state index contributed by atoms with van der Waals surface area (Å²) in [5.74, 6) is 2.28. The highest BCUT2D eigenvalue weighted by Gasteiger charge is 2.23. The number of nitrogen functional groups attached to an aromatic ring is 1. The lowest BCUT2D eigenvalue weighted by atomic mass is 10.1. The number of amides is 1. The third kappa shape index (κ3) is 2.57. The second kappa shape index (κ2) is 6.10. The highest BCUT2D eigenvalue weighted by atomic mass is 32.1. The summed E-state index contributed by atoms with van der Waals surface area (Å²) < 4.78 is 0. The number of thiophene rings is 1. The number of anilines is 1. The highest BCUT2D eigenvalue weighted by Crippen LogP contribution is 2.36.